The molecule has 0 saturated carbocycles. The summed E-state index contributed by atoms with van der Waals surface area (Å²) in [4.78, 5) is 10.3. The van der Waals surface area contributed by atoms with Crippen LogP contribution in [-0.2, 0) is 42.7 Å². The Morgan fingerprint density at radius 2 is 0.750 bits per heavy atom. The van der Waals surface area contributed by atoms with Gasteiger partial charge in [0.25, 0.3) is 0 Å². The lowest BCUT2D eigenvalue weighted by molar-refractivity contribution is -0.138. The predicted molar refractivity (Wildman–Crippen MR) is 118 cm³/mol. The first kappa shape index (κ1) is 31.1. The Hall–Kier alpha value is -0.850. The van der Waals surface area contributed by atoms with Crippen molar-refractivity contribution in [3.8, 4) is 0 Å². The minimum atomic E-state index is -0.867. The van der Waals surface area contributed by atoms with Gasteiger partial charge in [-0.05, 0) is 6.42 Å². The molecule has 0 aromatic heterocycles. The molecule has 0 unspecified atom stereocenters. The van der Waals surface area contributed by atoms with Crippen LogP contribution in [0.2, 0.25) is 0 Å². The zero-order valence-electron chi connectivity index (χ0n) is 19.8. The van der Waals surface area contributed by atoms with Gasteiger partial charge in [-0.3, -0.25) is 4.79 Å². The number of carboxylic acids is 1. The van der Waals surface area contributed by atoms with E-state index in [2.05, 4.69) is 6.92 Å². The summed E-state index contributed by atoms with van der Waals surface area (Å²) < 4.78 is 42.9. The van der Waals surface area contributed by atoms with E-state index in [1.165, 1.54) is 12.8 Å². The van der Waals surface area contributed by atoms with Crippen molar-refractivity contribution in [3.05, 3.63) is 0 Å². The molecule has 0 aromatic carbocycles. The van der Waals surface area contributed by atoms with Crippen LogP contribution in [-0.4, -0.2) is 117 Å². The summed E-state index contributed by atoms with van der Waals surface area (Å²) in [6, 6.07) is 0. The maximum Gasteiger partial charge on any atom is 0.305 e. The molecule has 0 fully saturated rings. The van der Waals surface area contributed by atoms with Crippen LogP contribution in [0.15, 0.2) is 0 Å². The van der Waals surface area contributed by atoms with Crippen molar-refractivity contribution in [3.63, 3.8) is 0 Å². The van der Waals surface area contributed by atoms with Gasteiger partial charge in [0.2, 0.25) is 0 Å². The van der Waals surface area contributed by atoms with E-state index in [0.29, 0.717) is 92.5 Å². The Morgan fingerprint density at radius 3 is 1.03 bits per heavy atom. The lowest BCUT2D eigenvalue weighted by atomic mass is 10.3. The third-order valence-corrected chi connectivity index (χ3v) is 3.96. The van der Waals surface area contributed by atoms with Crippen molar-refractivity contribution >= 4 is 5.97 Å². The highest BCUT2D eigenvalue weighted by atomic mass is 16.6. The molecule has 0 radical (unpaired) electrons. The van der Waals surface area contributed by atoms with Crippen LogP contribution >= 0.6 is 0 Å². The molecule has 0 rings (SSSR count). The van der Waals surface area contributed by atoms with E-state index in [4.69, 9.17) is 43.0 Å². The third kappa shape index (κ3) is 29.1. The summed E-state index contributed by atoms with van der Waals surface area (Å²) in [6.45, 7) is 10.3. The SMILES string of the molecule is CCCCCOCCOCCOCCOCCOCCOCCOCCOCCC(=O)O. The molecule has 0 atom stereocenters. The zero-order chi connectivity index (χ0) is 23.4. The minimum absolute atomic E-state index is 0.00720. The summed E-state index contributed by atoms with van der Waals surface area (Å²) in [5.41, 5.74) is 0. The Balaban J connectivity index is 3.00. The molecule has 0 bridgehead atoms. The normalized spacial score (nSPS) is 11.3. The number of ether oxygens (including phenoxy) is 8. The Morgan fingerprint density at radius 1 is 0.469 bits per heavy atom. The second-order valence-electron chi connectivity index (χ2n) is 6.75. The van der Waals surface area contributed by atoms with Crippen molar-refractivity contribution in [2.24, 2.45) is 0 Å². The smallest absolute Gasteiger partial charge is 0.305 e. The van der Waals surface area contributed by atoms with E-state index in [9.17, 15) is 4.79 Å². The Labute approximate surface area is 192 Å². The summed E-state index contributed by atoms with van der Waals surface area (Å²) in [7, 11) is 0. The van der Waals surface area contributed by atoms with Crippen LogP contribution in [0, 0.1) is 0 Å². The fourth-order valence-corrected chi connectivity index (χ4v) is 2.26. The van der Waals surface area contributed by atoms with Crippen LogP contribution in [0.5, 0.6) is 0 Å². The van der Waals surface area contributed by atoms with Gasteiger partial charge in [-0.15, -0.1) is 0 Å². The molecular weight excluding hydrogens is 424 g/mol. The van der Waals surface area contributed by atoms with E-state index in [0.717, 1.165) is 13.0 Å². The largest absolute Gasteiger partial charge is 0.481 e. The van der Waals surface area contributed by atoms with Gasteiger partial charge in [-0.1, -0.05) is 19.8 Å². The van der Waals surface area contributed by atoms with E-state index in [-0.39, 0.29) is 13.0 Å². The van der Waals surface area contributed by atoms with Crippen LogP contribution in [0.1, 0.15) is 32.6 Å². The molecule has 0 amide bonds. The fourth-order valence-electron chi connectivity index (χ4n) is 2.26. The van der Waals surface area contributed by atoms with Crippen LogP contribution in [0.25, 0.3) is 0 Å². The van der Waals surface area contributed by atoms with E-state index < -0.39 is 5.97 Å². The van der Waals surface area contributed by atoms with Crippen molar-refractivity contribution in [2.75, 3.05) is 106 Å². The molecule has 0 aliphatic rings. The van der Waals surface area contributed by atoms with Crippen LogP contribution in [0.4, 0.5) is 0 Å². The number of unbranched alkanes of at least 4 members (excludes halogenated alkanes) is 2. The summed E-state index contributed by atoms with van der Waals surface area (Å²) in [5.74, 6) is -0.867. The van der Waals surface area contributed by atoms with Crippen molar-refractivity contribution in [2.45, 2.75) is 32.6 Å². The average molecular weight is 469 g/mol. The molecular formula is C22H44O10. The van der Waals surface area contributed by atoms with Gasteiger partial charge in [-0.2, -0.15) is 0 Å². The maximum absolute atomic E-state index is 10.3. The molecule has 1 N–H and O–H groups in total. The predicted octanol–water partition coefficient (Wildman–Crippen LogP) is 1.78. The third-order valence-electron chi connectivity index (χ3n) is 3.96. The monoisotopic (exact) mass is 468 g/mol. The molecule has 0 saturated heterocycles. The molecule has 0 spiro atoms. The van der Waals surface area contributed by atoms with Crippen molar-refractivity contribution < 1.29 is 47.8 Å². The molecule has 10 nitrogen and oxygen atoms in total. The molecule has 0 heterocycles. The minimum Gasteiger partial charge on any atom is -0.481 e. The first-order valence-corrected chi connectivity index (χ1v) is 11.6. The van der Waals surface area contributed by atoms with Gasteiger partial charge in [0.15, 0.2) is 0 Å². The lowest BCUT2D eigenvalue weighted by Crippen LogP contribution is -2.15. The number of hydrogen-bond donors (Lipinski definition) is 1. The van der Waals surface area contributed by atoms with E-state index in [1.54, 1.807) is 0 Å². The quantitative estimate of drug-likeness (QED) is 0.171. The van der Waals surface area contributed by atoms with Crippen molar-refractivity contribution in [1.82, 2.24) is 0 Å². The van der Waals surface area contributed by atoms with Crippen LogP contribution < -0.4 is 0 Å². The zero-order valence-corrected chi connectivity index (χ0v) is 19.8. The molecule has 0 aromatic rings. The maximum atomic E-state index is 10.3. The molecule has 0 aliphatic carbocycles. The van der Waals surface area contributed by atoms with Crippen LogP contribution in [0.3, 0.4) is 0 Å². The standard InChI is InChI=1S/C22H44O10/c1-2-3-4-6-25-8-10-27-12-14-29-16-18-31-20-21-32-19-17-30-15-13-28-11-9-26-7-5-22(23)24/h2-21H2,1H3,(H,23,24). The molecule has 10 heteroatoms. The van der Waals surface area contributed by atoms with E-state index in [1.807, 2.05) is 0 Å². The molecule has 192 valence electrons. The number of rotatable bonds is 28. The highest BCUT2D eigenvalue weighted by Crippen LogP contribution is 1.94. The number of hydrogen-bond acceptors (Lipinski definition) is 9. The van der Waals surface area contributed by atoms with Gasteiger partial charge in [0, 0.05) is 6.61 Å². The first-order chi connectivity index (χ1) is 15.8. The fraction of sp³-hybridized carbons (Fsp3) is 0.955. The van der Waals surface area contributed by atoms with Gasteiger partial charge >= 0.3 is 5.97 Å². The van der Waals surface area contributed by atoms with Crippen molar-refractivity contribution in [1.29, 1.82) is 0 Å². The Bertz CT molecular complexity index is 371. The summed E-state index contributed by atoms with van der Waals surface area (Å²) in [5, 5.41) is 8.45. The number of carboxylic acid groups (broad SMARTS) is 1. The summed E-state index contributed by atoms with van der Waals surface area (Å²) >= 11 is 0. The summed E-state index contributed by atoms with van der Waals surface area (Å²) in [6.07, 6.45) is 3.54. The highest BCUT2D eigenvalue weighted by Gasteiger charge is 1.97. The van der Waals surface area contributed by atoms with Gasteiger partial charge in [0.05, 0.1) is 106 Å². The number of carbonyl (C=O) groups is 1. The topological polar surface area (TPSA) is 111 Å². The van der Waals surface area contributed by atoms with Gasteiger partial charge in [0.1, 0.15) is 0 Å². The first-order valence-electron chi connectivity index (χ1n) is 11.6. The van der Waals surface area contributed by atoms with E-state index >= 15 is 0 Å². The molecule has 0 aliphatic heterocycles. The van der Waals surface area contributed by atoms with Gasteiger partial charge < -0.3 is 43.0 Å². The average Bonchev–Trinajstić information content (AvgIpc) is 2.78. The van der Waals surface area contributed by atoms with Gasteiger partial charge in [-0.25, -0.2) is 0 Å². The molecule has 32 heavy (non-hydrogen) atoms. The number of aliphatic carboxylic acids is 1. The lowest BCUT2D eigenvalue weighted by Gasteiger charge is -2.08. The highest BCUT2D eigenvalue weighted by molar-refractivity contribution is 5.66. The second kappa shape index (κ2) is 28.2. The second-order valence-corrected chi connectivity index (χ2v) is 6.75. The Kier molecular flexibility index (Phi) is 27.4.